The van der Waals surface area contributed by atoms with E-state index in [4.69, 9.17) is 5.73 Å². The van der Waals surface area contributed by atoms with Crippen LogP contribution in [0.1, 0.15) is 30.6 Å². The first-order chi connectivity index (χ1) is 11.9. The van der Waals surface area contributed by atoms with E-state index in [2.05, 4.69) is 24.1 Å². The van der Waals surface area contributed by atoms with Crippen molar-refractivity contribution in [1.29, 1.82) is 0 Å². The Morgan fingerprint density at radius 3 is 2.80 bits per heavy atom. The van der Waals surface area contributed by atoms with E-state index in [1.165, 1.54) is 6.07 Å². The number of benzene rings is 1. The molecule has 1 aromatic heterocycles. The number of nitrogens with zero attached hydrogens (tertiary/aromatic N) is 2. The fourth-order valence-corrected chi connectivity index (χ4v) is 3.09. The zero-order valence-electron chi connectivity index (χ0n) is 14.5. The van der Waals surface area contributed by atoms with Crippen LogP contribution in [0.5, 0.6) is 0 Å². The highest BCUT2D eigenvalue weighted by atomic mass is 19.1. The Kier molecular flexibility index (Phi) is 4.72. The van der Waals surface area contributed by atoms with Gasteiger partial charge in [0.25, 0.3) is 5.91 Å². The van der Waals surface area contributed by atoms with Crippen molar-refractivity contribution in [3.05, 3.63) is 54.0 Å². The number of para-hydroxylation sites is 1. The molecule has 25 heavy (non-hydrogen) atoms. The van der Waals surface area contributed by atoms with E-state index in [-0.39, 0.29) is 23.1 Å². The predicted molar refractivity (Wildman–Crippen MR) is 96.2 cm³/mol. The SMILES string of the molecule is CC1(C)CN(C(=O)c2cccnc2Nc2ccccc2F)CCC1N. The molecule has 1 aromatic carbocycles. The summed E-state index contributed by atoms with van der Waals surface area (Å²) in [5.41, 5.74) is 6.73. The summed E-state index contributed by atoms with van der Waals surface area (Å²) in [4.78, 5) is 19.0. The lowest BCUT2D eigenvalue weighted by Gasteiger charge is -2.42. The largest absolute Gasteiger partial charge is 0.338 e. The fourth-order valence-electron chi connectivity index (χ4n) is 3.09. The average molecular weight is 342 g/mol. The average Bonchev–Trinajstić information content (AvgIpc) is 2.59. The number of hydrogen-bond acceptors (Lipinski definition) is 4. The first-order valence-electron chi connectivity index (χ1n) is 8.40. The summed E-state index contributed by atoms with van der Waals surface area (Å²) >= 11 is 0. The molecule has 2 aromatic rings. The molecule has 1 saturated heterocycles. The van der Waals surface area contributed by atoms with Crippen molar-refractivity contribution in [3.63, 3.8) is 0 Å². The van der Waals surface area contributed by atoms with Gasteiger partial charge in [-0.1, -0.05) is 26.0 Å². The number of amides is 1. The highest BCUT2D eigenvalue weighted by molar-refractivity contribution is 5.99. The van der Waals surface area contributed by atoms with Crippen LogP contribution in [0.4, 0.5) is 15.9 Å². The Bertz CT molecular complexity index is 778. The molecule has 1 amide bonds. The number of halogens is 1. The van der Waals surface area contributed by atoms with Crippen molar-refractivity contribution in [2.45, 2.75) is 26.3 Å². The molecule has 0 saturated carbocycles. The van der Waals surface area contributed by atoms with Gasteiger partial charge >= 0.3 is 0 Å². The molecule has 5 nitrogen and oxygen atoms in total. The summed E-state index contributed by atoms with van der Waals surface area (Å²) in [5.74, 6) is -0.158. The quantitative estimate of drug-likeness (QED) is 0.899. The Balaban J connectivity index is 1.86. The van der Waals surface area contributed by atoms with E-state index in [0.717, 1.165) is 6.42 Å². The second-order valence-electron chi connectivity index (χ2n) is 7.11. The zero-order valence-corrected chi connectivity index (χ0v) is 14.5. The number of aromatic nitrogens is 1. The first kappa shape index (κ1) is 17.4. The highest BCUT2D eigenvalue weighted by Gasteiger charge is 2.36. The number of hydrogen-bond donors (Lipinski definition) is 2. The van der Waals surface area contributed by atoms with Gasteiger partial charge in [0.1, 0.15) is 11.6 Å². The second-order valence-corrected chi connectivity index (χ2v) is 7.11. The molecule has 1 unspecified atom stereocenters. The molecule has 6 heteroatoms. The number of nitrogens with one attached hydrogen (secondary N) is 1. The van der Waals surface area contributed by atoms with Gasteiger partial charge in [0.05, 0.1) is 11.3 Å². The summed E-state index contributed by atoms with van der Waals surface area (Å²) < 4.78 is 13.9. The molecule has 1 aliphatic rings. The Hall–Kier alpha value is -2.47. The van der Waals surface area contributed by atoms with Crippen molar-refractivity contribution in [2.75, 3.05) is 18.4 Å². The van der Waals surface area contributed by atoms with Crippen LogP contribution in [0, 0.1) is 11.2 Å². The smallest absolute Gasteiger partial charge is 0.257 e. The van der Waals surface area contributed by atoms with E-state index in [1.807, 2.05) is 0 Å². The van der Waals surface area contributed by atoms with E-state index in [9.17, 15) is 9.18 Å². The fraction of sp³-hybridized carbons (Fsp3) is 0.368. The van der Waals surface area contributed by atoms with E-state index < -0.39 is 5.82 Å². The molecule has 0 radical (unpaired) electrons. The number of carbonyl (C=O) groups is 1. The van der Waals surface area contributed by atoms with Crippen LogP contribution in [-0.2, 0) is 0 Å². The van der Waals surface area contributed by atoms with E-state index in [1.54, 1.807) is 41.4 Å². The summed E-state index contributed by atoms with van der Waals surface area (Å²) in [5, 5.41) is 2.93. The van der Waals surface area contributed by atoms with Gasteiger partial charge in [-0.25, -0.2) is 9.37 Å². The van der Waals surface area contributed by atoms with Gasteiger partial charge < -0.3 is 16.0 Å². The molecule has 3 N–H and O–H groups in total. The van der Waals surface area contributed by atoms with Gasteiger partial charge in [0.2, 0.25) is 0 Å². The molecule has 0 aliphatic carbocycles. The molecular formula is C19H23FN4O. The van der Waals surface area contributed by atoms with Crippen LogP contribution in [0.25, 0.3) is 0 Å². The number of nitrogens with two attached hydrogens (primary N) is 1. The molecular weight excluding hydrogens is 319 g/mol. The number of piperidine rings is 1. The normalized spacial score (nSPS) is 19.5. The summed E-state index contributed by atoms with van der Waals surface area (Å²) in [6.07, 6.45) is 2.34. The van der Waals surface area contributed by atoms with Gasteiger partial charge in [0.15, 0.2) is 0 Å². The molecule has 132 valence electrons. The summed E-state index contributed by atoms with van der Waals surface area (Å²) in [7, 11) is 0. The van der Waals surface area contributed by atoms with Crippen LogP contribution >= 0.6 is 0 Å². The molecule has 1 fully saturated rings. The standard InChI is InChI=1S/C19H23FN4O/c1-19(2)12-24(11-9-16(19)21)18(25)13-6-5-10-22-17(13)23-15-8-4-3-7-14(15)20/h3-8,10,16H,9,11-12,21H2,1-2H3,(H,22,23). The maximum Gasteiger partial charge on any atom is 0.257 e. The maximum atomic E-state index is 13.9. The minimum absolute atomic E-state index is 0.0708. The molecule has 0 bridgehead atoms. The van der Waals surface area contributed by atoms with Crippen molar-refractivity contribution in [1.82, 2.24) is 9.88 Å². The number of carbonyl (C=O) groups excluding carboxylic acids is 1. The third-order valence-corrected chi connectivity index (χ3v) is 4.76. The highest BCUT2D eigenvalue weighted by Crippen LogP contribution is 2.30. The predicted octanol–water partition coefficient (Wildman–Crippen LogP) is 3.16. The van der Waals surface area contributed by atoms with E-state index >= 15 is 0 Å². The van der Waals surface area contributed by atoms with Crippen LogP contribution in [0.15, 0.2) is 42.6 Å². The number of pyridine rings is 1. The van der Waals surface area contributed by atoms with Gasteiger partial charge in [-0.3, -0.25) is 4.79 Å². The zero-order chi connectivity index (χ0) is 18.0. The third kappa shape index (κ3) is 3.64. The summed E-state index contributed by atoms with van der Waals surface area (Å²) in [6.45, 7) is 5.33. The van der Waals surface area contributed by atoms with Crippen molar-refractivity contribution in [2.24, 2.45) is 11.1 Å². The van der Waals surface area contributed by atoms with Gasteiger partial charge in [-0.15, -0.1) is 0 Å². The number of rotatable bonds is 3. The van der Waals surface area contributed by atoms with Gasteiger partial charge in [0, 0.05) is 25.3 Å². The first-order valence-corrected chi connectivity index (χ1v) is 8.40. The van der Waals surface area contributed by atoms with Crippen LogP contribution in [0.3, 0.4) is 0 Å². The van der Waals surface area contributed by atoms with Crippen molar-refractivity contribution in [3.8, 4) is 0 Å². The topological polar surface area (TPSA) is 71.2 Å². The van der Waals surface area contributed by atoms with Crippen molar-refractivity contribution >= 4 is 17.4 Å². The lowest BCUT2D eigenvalue weighted by molar-refractivity contribution is 0.0533. The van der Waals surface area contributed by atoms with Crippen LogP contribution in [0.2, 0.25) is 0 Å². The third-order valence-electron chi connectivity index (χ3n) is 4.76. The van der Waals surface area contributed by atoms with Crippen LogP contribution in [-0.4, -0.2) is 34.9 Å². The second kappa shape index (κ2) is 6.80. The summed E-state index contributed by atoms with van der Waals surface area (Å²) in [6, 6.07) is 9.80. The van der Waals surface area contributed by atoms with Crippen molar-refractivity contribution < 1.29 is 9.18 Å². The molecule has 1 aliphatic heterocycles. The van der Waals surface area contributed by atoms with Crippen LogP contribution < -0.4 is 11.1 Å². The Morgan fingerprint density at radius 1 is 1.32 bits per heavy atom. The molecule has 2 heterocycles. The minimum atomic E-state index is -0.392. The minimum Gasteiger partial charge on any atom is -0.338 e. The number of likely N-dealkylation sites (tertiary alicyclic amines) is 1. The lowest BCUT2D eigenvalue weighted by Crippen LogP contribution is -2.54. The number of anilines is 2. The molecule has 0 spiro atoms. The van der Waals surface area contributed by atoms with E-state index in [0.29, 0.717) is 24.5 Å². The monoisotopic (exact) mass is 342 g/mol. The molecule has 3 rings (SSSR count). The Labute approximate surface area is 147 Å². The molecule has 1 atom stereocenters. The maximum absolute atomic E-state index is 13.9. The van der Waals surface area contributed by atoms with Gasteiger partial charge in [-0.05, 0) is 36.1 Å². The lowest BCUT2D eigenvalue weighted by atomic mass is 9.79. The van der Waals surface area contributed by atoms with Gasteiger partial charge in [-0.2, -0.15) is 0 Å². The Morgan fingerprint density at radius 2 is 2.08 bits per heavy atom.